The summed E-state index contributed by atoms with van der Waals surface area (Å²) in [5.41, 5.74) is 0.646. The van der Waals surface area contributed by atoms with E-state index in [9.17, 15) is 9.18 Å². The molecule has 0 saturated carbocycles. The molecule has 1 unspecified atom stereocenters. The van der Waals surface area contributed by atoms with Crippen molar-refractivity contribution in [3.63, 3.8) is 0 Å². The van der Waals surface area contributed by atoms with Gasteiger partial charge in [-0.25, -0.2) is 9.18 Å². The Morgan fingerprint density at radius 1 is 1.28 bits per heavy atom. The van der Waals surface area contributed by atoms with Gasteiger partial charge in [-0.15, -0.1) is 0 Å². The lowest BCUT2D eigenvalue weighted by Crippen LogP contribution is -2.29. The first-order valence-electron chi connectivity index (χ1n) is 5.62. The van der Waals surface area contributed by atoms with E-state index in [1.54, 1.807) is 29.4 Å². The lowest BCUT2D eigenvalue weighted by Gasteiger charge is -2.21. The molecule has 0 bridgehead atoms. The van der Waals surface area contributed by atoms with E-state index in [0.717, 1.165) is 0 Å². The van der Waals surface area contributed by atoms with Crippen LogP contribution in [0.5, 0.6) is 0 Å². The first-order valence-corrected chi connectivity index (χ1v) is 5.62. The van der Waals surface area contributed by atoms with Gasteiger partial charge in [0.2, 0.25) is 0 Å². The summed E-state index contributed by atoms with van der Waals surface area (Å²) >= 11 is 0. The molecule has 1 saturated heterocycles. The standard InChI is InChI=1S/C13H11FN2O2/c14-9-3-5-10(6-4-9)16-11(8-15-13(16)17)12-2-1-7-18-12/h1-7,11H,8H2,(H,15,17). The molecule has 1 aromatic heterocycles. The largest absolute Gasteiger partial charge is 0.467 e. The SMILES string of the molecule is O=C1NCC(c2ccco2)N1c1ccc(F)cc1. The third kappa shape index (κ3) is 1.73. The molecule has 1 N–H and O–H groups in total. The summed E-state index contributed by atoms with van der Waals surface area (Å²) in [4.78, 5) is 13.4. The minimum Gasteiger partial charge on any atom is -0.467 e. The van der Waals surface area contributed by atoms with Crippen molar-refractivity contribution in [1.29, 1.82) is 0 Å². The van der Waals surface area contributed by atoms with Gasteiger partial charge in [-0.2, -0.15) is 0 Å². The topological polar surface area (TPSA) is 45.5 Å². The fourth-order valence-electron chi connectivity index (χ4n) is 2.11. The highest BCUT2D eigenvalue weighted by atomic mass is 19.1. The smallest absolute Gasteiger partial charge is 0.322 e. The molecular formula is C13H11FN2O2. The number of rotatable bonds is 2. The van der Waals surface area contributed by atoms with Crippen LogP contribution in [-0.4, -0.2) is 12.6 Å². The van der Waals surface area contributed by atoms with Gasteiger partial charge in [0.1, 0.15) is 17.6 Å². The predicted octanol–water partition coefficient (Wildman–Crippen LogP) is 2.69. The van der Waals surface area contributed by atoms with E-state index >= 15 is 0 Å². The van der Waals surface area contributed by atoms with Crippen molar-refractivity contribution in [1.82, 2.24) is 5.32 Å². The van der Waals surface area contributed by atoms with Crippen molar-refractivity contribution in [2.45, 2.75) is 6.04 Å². The van der Waals surface area contributed by atoms with Crippen LogP contribution in [0, 0.1) is 5.82 Å². The van der Waals surface area contributed by atoms with E-state index in [4.69, 9.17) is 4.42 Å². The van der Waals surface area contributed by atoms with Gasteiger partial charge >= 0.3 is 6.03 Å². The number of carbonyl (C=O) groups is 1. The maximum atomic E-state index is 12.9. The maximum absolute atomic E-state index is 12.9. The highest BCUT2D eigenvalue weighted by Crippen LogP contribution is 2.30. The van der Waals surface area contributed by atoms with Gasteiger partial charge in [0.05, 0.1) is 6.26 Å². The summed E-state index contributed by atoms with van der Waals surface area (Å²) in [6.45, 7) is 0.476. The molecule has 0 radical (unpaired) electrons. The highest BCUT2D eigenvalue weighted by molar-refractivity contribution is 5.95. The van der Waals surface area contributed by atoms with E-state index in [1.807, 2.05) is 6.07 Å². The number of hydrogen-bond donors (Lipinski definition) is 1. The quantitative estimate of drug-likeness (QED) is 0.885. The number of anilines is 1. The number of amides is 2. The van der Waals surface area contributed by atoms with Gasteiger partial charge in [-0.05, 0) is 36.4 Å². The Hall–Kier alpha value is -2.30. The lowest BCUT2D eigenvalue weighted by molar-refractivity contribution is 0.251. The molecule has 18 heavy (non-hydrogen) atoms. The van der Waals surface area contributed by atoms with Crippen LogP contribution in [0.15, 0.2) is 47.1 Å². The summed E-state index contributed by atoms with van der Waals surface area (Å²) in [7, 11) is 0. The van der Waals surface area contributed by atoms with Crippen LogP contribution >= 0.6 is 0 Å². The molecule has 2 amide bonds. The van der Waals surface area contributed by atoms with Gasteiger partial charge in [0, 0.05) is 12.2 Å². The van der Waals surface area contributed by atoms with Crippen LogP contribution in [0.2, 0.25) is 0 Å². The van der Waals surface area contributed by atoms with Crippen molar-refractivity contribution in [3.05, 3.63) is 54.2 Å². The molecule has 2 heterocycles. The summed E-state index contributed by atoms with van der Waals surface area (Å²) < 4.78 is 18.2. The molecule has 0 aliphatic carbocycles. The van der Waals surface area contributed by atoms with Crippen LogP contribution in [0.4, 0.5) is 14.9 Å². The second kappa shape index (κ2) is 4.18. The van der Waals surface area contributed by atoms with E-state index < -0.39 is 0 Å². The normalized spacial score (nSPS) is 19.1. The van der Waals surface area contributed by atoms with Gasteiger partial charge in [-0.1, -0.05) is 0 Å². The molecule has 1 fully saturated rings. The zero-order chi connectivity index (χ0) is 12.5. The number of nitrogens with one attached hydrogen (secondary N) is 1. The van der Waals surface area contributed by atoms with Crippen LogP contribution in [-0.2, 0) is 0 Å². The molecule has 1 aromatic carbocycles. The Morgan fingerprint density at radius 3 is 2.72 bits per heavy atom. The zero-order valence-electron chi connectivity index (χ0n) is 9.47. The van der Waals surface area contributed by atoms with Gasteiger partial charge < -0.3 is 9.73 Å². The fraction of sp³-hybridized carbons (Fsp3) is 0.154. The molecule has 5 heteroatoms. The third-order valence-corrected chi connectivity index (χ3v) is 2.95. The monoisotopic (exact) mass is 246 g/mol. The van der Waals surface area contributed by atoms with Crippen molar-refractivity contribution < 1.29 is 13.6 Å². The second-order valence-corrected chi connectivity index (χ2v) is 4.06. The number of nitrogens with zero attached hydrogens (tertiary/aromatic N) is 1. The summed E-state index contributed by atoms with van der Waals surface area (Å²) in [6.07, 6.45) is 1.57. The number of benzene rings is 1. The Morgan fingerprint density at radius 2 is 2.06 bits per heavy atom. The van der Waals surface area contributed by atoms with Gasteiger partial charge in [-0.3, -0.25) is 4.90 Å². The zero-order valence-corrected chi connectivity index (χ0v) is 9.47. The van der Waals surface area contributed by atoms with Crippen molar-refractivity contribution in [2.24, 2.45) is 0 Å². The lowest BCUT2D eigenvalue weighted by atomic mass is 10.2. The van der Waals surface area contributed by atoms with E-state index in [1.165, 1.54) is 12.1 Å². The van der Waals surface area contributed by atoms with Gasteiger partial charge in [0.15, 0.2) is 0 Å². The van der Waals surface area contributed by atoms with Crippen LogP contribution < -0.4 is 10.2 Å². The molecular weight excluding hydrogens is 235 g/mol. The van der Waals surface area contributed by atoms with E-state index in [0.29, 0.717) is 18.0 Å². The van der Waals surface area contributed by atoms with Crippen LogP contribution in [0.25, 0.3) is 0 Å². The minimum atomic E-state index is -0.326. The maximum Gasteiger partial charge on any atom is 0.322 e. The summed E-state index contributed by atoms with van der Waals surface area (Å²) in [6, 6.07) is 9.02. The van der Waals surface area contributed by atoms with Crippen molar-refractivity contribution in [2.75, 3.05) is 11.4 Å². The summed E-state index contributed by atoms with van der Waals surface area (Å²) in [5.74, 6) is 0.380. The van der Waals surface area contributed by atoms with Crippen molar-refractivity contribution >= 4 is 11.7 Å². The predicted molar refractivity (Wildman–Crippen MR) is 63.7 cm³/mol. The average molecular weight is 246 g/mol. The number of hydrogen-bond acceptors (Lipinski definition) is 2. The van der Waals surface area contributed by atoms with E-state index in [-0.39, 0.29) is 17.9 Å². The van der Waals surface area contributed by atoms with E-state index in [2.05, 4.69) is 5.32 Å². The molecule has 1 aliphatic heterocycles. The Kier molecular flexibility index (Phi) is 2.51. The average Bonchev–Trinajstić information content (AvgIpc) is 2.99. The summed E-state index contributed by atoms with van der Waals surface area (Å²) in [5, 5.41) is 2.75. The number of urea groups is 1. The molecule has 4 nitrogen and oxygen atoms in total. The van der Waals surface area contributed by atoms with Crippen LogP contribution in [0.1, 0.15) is 11.8 Å². The minimum absolute atomic E-state index is 0.196. The van der Waals surface area contributed by atoms with Gasteiger partial charge in [0.25, 0.3) is 0 Å². The fourth-order valence-corrected chi connectivity index (χ4v) is 2.11. The Bertz CT molecular complexity index is 551. The second-order valence-electron chi connectivity index (χ2n) is 4.06. The van der Waals surface area contributed by atoms with Crippen LogP contribution in [0.3, 0.4) is 0 Å². The molecule has 0 spiro atoms. The molecule has 2 aromatic rings. The molecule has 92 valence electrons. The Balaban J connectivity index is 1.97. The number of halogens is 1. The molecule has 1 aliphatic rings. The highest BCUT2D eigenvalue weighted by Gasteiger charge is 2.34. The molecule has 3 rings (SSSR count). The Labute approximate surface area is 103 Å². The first-order chi connectivity index (χ1) is 8.75. The molecule has 1 atom stereocenters. The number of carbonyl (C=O) groups excluding carboxylic acids is 1. The third-order valence-electron chi connectivity index (χ3n) is 2.95. The first kappa shape index (κ1) is 10.8. The number of furan rings is 1. The van der Waals surface area contributed by atoms with Crippen molar-refractivity contribution in [3.8, 4) is 0 Å².